The summed E-state index contributed by atoms with van der Waals surface area (Å²) < 4.78 is 6.27. The van der Waals surface area contributed by atoms with Crippen LogP contribution >= 0.6 is 11.3 Å². The third-order valence-corrected chi connectivity index (χ3v) is 5.00. The Balaban J connectivity index is 1.78. The number of nitrogens with one attached hydrogen (secondary N) is 2. The Hall–Kier alpha value is -2.16. The molecule has 2 rings (SSSR count). The van der Waals surface area contributed by atoms with Gasteiger partial charge in [0.2, 0.25) is 0 Å². The average molecular weight is 369 g/mol. The second-order valence-electron chi connectivity index (χ2n) is 6.16. The van der Waals surface area contributed by atoms with Gasteiger partial charge in [-0.1, -0.05) is 30.6 Å². The molecule has 0 spiro atoms. The smallest absolute Gasteiger partial charge is 0.326 e. The molecule has 0 aromatic carbocycles. The maximum atomic E-state index is 12.0. The Morgan fingerprint density at radius 3 is 2.60 bits per heavy atom. The minimum Gasteiger partial charge on any atom is -0.451 e. The summed E-state index contributed by atoms with van der Waals surface area (Å²) in [5, 5.41) is 6.58. The molecule has 8 nitrogen and oxygen atoms in total. The topological polar surface area (TPSA) is 106 Å². The van der Waals surface area contributed by atoms with E-state index < -0.39 is 24.0 Å². The van der Waals surface area contributed by atoms with Gasteiger partial charge in [0, 0.05) is 17.1 Å². The van der Waals surface area contributed by atoms with Gasteiger partial charge in [0.05, 0.1) is 0 Å². The van der Waals surface area contributed by atoms with Gasteiger partial charge in [-0.3, -0.25) is 24.3 Å². The predicted molar refractivity (Wildman–Crippen MR) is 92.4 cm³/mol. The maximum absolute atomic E-state index is 12.0. The van der Waals surface area contributed by atoms with Crippen molar-refractivity contribution in [3.63, 3.8) is 0 Å². The van der Waals surface area contributed by atoms with Gasteiger partial charge in [0.25, 0.3) is 5.91 Å². The van der Waals surface area contributed by atoms with E-state index in [0.29, 0.717) is 5.69 Å². The zero-order valence-electron chi connectivity index (χ0n) is 14.4. The minimum atomic E-state index is -1.13. The van der Waals surface area contributed by atoms with Crippen molar-refractivity contribution in [1.29, 1.82) is 0 Å². The Bertz CT molecular complexity index is 690. The lowest BCUT2D eigenvalue weighted by molar-refractivity contribution is -0.155. The van der Waals surface area contributed by atoms with E-state index in [1.807, 2.05) is 0 Å². The van der Waals surface area contributed by atoms with Gasteiger partial charge >= 0.3 is 16.9 Å². The molecule has 25 heavy (non-hydrogen) atoms. The van der Waals surface area contributed by atoms with Crippen molar-refractivity contribution in [2.75, 3.05) is 0 Å². The van der Waals surface area contributed by atoms with Gasteiger partial charge in [0.15, 0.2) is 6.10 Å². The van der Waals surface area contributed by atoms with Crippen LogP contribution in [-0.2, 0) is 20.9 Å². The molecule has 0 aliphatic heterocycles. The van der Waals surface area contributed by atoms with Crippen LogP contribution in [-0.4, -0.2) is 34.6 Å². The lowest BCUT2D eigenvalue weighted by Gasteiger charge is -2.23. The molecule has 1 heterocycles. The molecule has 1 aromatic rings. The van der Waals surface area contributed by atoms with E-state index in [1.54, 1.807) is 12.3 Å². The first-order valence-corrected chi connectivity index (χ1v) is 9.20. The third-order valence-electron chi connectivity index (χ3n) is 4.12. The number of hydrogen-bond donors (Lipinski definition) is 2. The number of nitrogens with zero attached hydrogens (tertiary/aromatic N) is 1. The van der Waals surface area contributed by atoms with Crippen LogP contribution in [0.15, 0.2) is 10.2 Å². The van der Waals surface area contributed by atoms with Crippen molar-refractivity contribution >= 4 is 29.2 Å². The fourth-order valence-corrected chi connectivity index (χ4v) is 3.43. The highest BCUT2D eigenvalue weighted by atomic mass is 32.1. The molecule has 1 fully saturated rings. The standard InChI is InChI=1S/C16H23N3O5S/c1-10-9-25-16(23)19(10)8-13(20)24-11(2)14(21)18-15(22)17-12-6-4-3-5-7-12/h9,11-12H,3-8H2,1-2H3,(H2,17,18,21,22)/t11-/m0/s1. The average Bonchev–Trinajstić information content (AvgIpc) is 2.87. The van der Waals surface area contributed by atoms with Crippen LogP contribution in [0, 0.1) is 6.92 Å². The van der Waals surface area contributed by atoms with Crippen LogP contribution in [0.1, 0.15) is 44.7 Å². The van der Waals surface area contributed by atoms with Crippen LogP contribution in [0.5, 0.6) is 0 Å². The molecule has 1 aliphatic rings. The fourth-order valence-electron chi connectivity index (χ4n) is 2.70. The molecule has 0 bridgehead atoms. The summed E-state index contributed by atoms with van der Waals surface area (Å²) in [5.41, 5.74) is 0.649. The van der Waals surface area contributed by atoms with Crippen LogP contribution in [0.3, 0.4) is 0 Å². The number of rotatable bonds is 5. The number of hydrogen-bond acceptors (Lipinski definition) is 6. The molecule has 1 atom stereocenters. The van der Waals surface area contributed by atoms with Crippen LogP contribution in [0.25, 0.3) is 0 Å². The molecule has 0 unspecified atom stereocenters. The Kier molecular flexibility index (Phi) is 6.74. The van der Waals surface area contributed by atoms with E-state index in [4.69, 9.17) is 4.74 Å². The summed E-state index contributed by atoms with van der Waals surface area (Å²) in [5.74, 6) is -1.41. The first-order valence-electron chi connectivity index (χ1n) is 8.32. The van der Waals surface area contributed by atoms with Crippen molar-refractivity contribution in [3.8, 4) is 0 Å². The summed E-state index contributed by atoms with van der Waals surface area (Å²) in [6, 6.07) is -0.502. The molecular formula is C16H23N3O5S. The second kappa shape index (κ2) is 8.80. The number of thiazole rings is 1. The van der Waals surface area contributed by atoms with Gasteiger partial charge in [-0.05, 0) is 26.7 Å². The van der Waals surface area contributed by atoms with Crippen LogP contribution in [0.4, 0.5) is 4.79 Å². The number of urea groups is 1. The number of carbonyl (C=O) groups is 3. The molecule has 3 amide bonds. The van der Waals surface area contributed by atoms with Crippen molar-refractivity contribution in [2.24, 2.45) is 0 Å². The summed E-state index contributed by atoms with van der Waals surface area (Å²) in [6.45, 7) is 2.82. The lowest BCUT2D eigenvalue weighted by atomic mass is 9.96. The third kappa shape index (κ3) is 5.70. The molecule has 138 valence electrons. The number of aryl methyl sites for hydroxylation is 1. The van der Waals surface area contributed by atoms with Gasteiger partial charge in [0.1, 0.15) is 6.54 Å². The highest BCUT2D eigenvalue weighted by Crippen LogP contribution is 2.17. The number of esters is 1. The van der Waals surface area contributed by atoms with Crippen LogP contribution < -0.4 is 15.5 Å². The normalized spacial score (nSPS) is 16.1. The molecule has 0 saturated heterocycles. The fraction of sp³-hybridized carbons (Fsp3) is 0.625. The maximum Gasteiger partial charge on any atom is 0.326 e. The second-order valence-corrected chi connectivity index (χ2v) is 6.98. The first-order chi connectivity index (χ1) is 11.9. The van der Waals surface area contributed by atoms with E-state index >= 15 is 0 Å². The SMILES string of the molecule is Cc1csc(=O)n1CC(=O)O[C@@H](C)C(=O)NC(=O)NC1CCCCC1. The van der Waals surface area contributed by atoms with Gasteiger partial charge < -0.3 is 10.1 Å². The molecule has 1 aromatic heterocycles. The monoisotopic (exact) mass is 369 g/mol. The van der Waals surface area contributed by atoms with Crippen molar-refractivity contribution in [1.82, 2.24) is 15.2 Å². The predicted octanol–water partition coefficient (Wildman–Crippen LogP) is 1.31. The van der Waals surface area contributed by atoms with E-state index in [1.165, 1.54) is 17.9 Å². The lowest BCUT2D eigenvalue weighted by Crippen LogP contribution is -2.48. The van der Waals surface area contributed by atoms with E-state index in [9.17, 15) is 19.2 Å². The zero-order valence-corrected chi connectivity index (χ0v) is 15.2. The Labute approximate surface area is 149 Å². The van der Waals surface area contributed by atoms with Gasteiger partial charge in [-0.2, -0.15) is 0 Å². The molecule has 2 N–H and O–H groups in total. The number of imide groups is 1. The van der Waals surface area contributed by atoms with Crippen LogP contribution in [0.2, 0.25) is 0 Å². The highest BCUT2D eigenvalue weighted by Gasteiger charge is 2.22. The number of ether oxygens (including phenoxy) is 1. The number of carbonyl (C=O) groups excluding carboxylic acids is 3. The summed E-state index contributed by atoms with van der Waals surface area (Å²) in [7, 11) is 0. The largest absolute Gasteiger partial charge is 0.451 e. The van der Waals surface area contributed by atoms with E-state index in [2.05, 4.69) is 10.6 Å². The molecular weight excluding hydrogens is 346 g/mol. The van der Waals surface area contributed by atoms with E-state index in [-0.39, 0.29) is 17.5 Å². The van der Waals surface area contributed by atoms with Gasteiger partial charge in [-0.15, -0.1) is 0 Å². The van der Waals surface area contributed by atoms with E-state index in [0.717, 1.165) is 37.0 Å². The van der Waals surface area contributed by atoms with Gasteiger partial charge in [-0.25, -0.2) is 4.79 Å². The quantitative estimate of drug-likeness (QED) is 0.761. The van der Waals surface area contributed by atoms with Crippen molar-refractivity contribution in [2.45, 2.75) is 64.6 Å². The Morgan fingerprint density at radius 2 is 2.00 bits per heavy atom. The summed E-state index contributed by atoms with van der Waals surface area (Å²) in [4.78, 5) is 47.0. The van der Waals surface area contributed by atoms with Crippen molar-refractivity contribution in [3.05, 3.63) is 20.7 Å². The minimum absolute atomic E-state index is 0.0767. The summed E-state index contributed by atoms with van der Waals surface area (Å²) >= 11 is 0.990. The number of amides is 3. The highest BCUT2D eigenvalue weighted by molar-refractivity contribution is 7.07. The summed E-state index contributed by atoms with van der Waals surface area (Å²) in [6.07, 6.45) is 3.97. The zero-order chi connectivity index (χ0) is 18.4. The Morgan fingerprint density at radius 1 is 1.32 bits per heavy atom. The number of aromatic nitrogens is 1. The first kappa shape index (κ1) is 19.2. The molecule has 1 saturated carbocycles. The van der Waals surface area contributed by atoms with Crippen molar-refractivity contribution < 1.29 is 19.1 Å². The molecule has 1 aliphatic carbocycles. The molecule has 0 radical (unpaired) electrons. The molecule has 9 heteroatoms.